The SMILES string of the molecule is Cc1ccc(C(=O)NC2CC2)cc1NC(=O)c1ccc(-c2ccc(OC[C@H](O)CO)cc2)s1. The van der Waals surface area contributed by atoms with Gasteiger partial charge in [-0.3, -0.25) is 9.59 Å². The fourth-order valence-corrected chi connectivity index (χ4v) is 4.06. The summed E-state index contributed by atoms with van der Waals surface area (Å²) < 4.78 is 5.42. The number of aliphatic hydroxyl groups excluding tert-OH is 2. The predicted molar refractivity (Wildman–Crippen MR) is 128 cm³/mol. The van der Waals surface area contributed by atoms with Crippen LogP contribution in [0.4, 0.5) is 5.69 Å². The van der Waals surface area contributed by atoms with E-state index in [1.807, 2.05) is 31.2 Å². The Morgan fingerprint density at radius 1 is 1.09 bits per heavy atom. The number of hydrogen-bond acceptors (Lipinski definition) is 6. The van der Waals surface area contributed by atoms with Crippen LogP contribution < -0.4 is 15.4 Å². The Morgan fingerprint density at radius 2 is 1.85 bits per heavy atom. The average molecular weight is 467 g/mol. The van der Waals surface area contributed by atoms with Crippen LogP contribution in [0, 0.1) is 6.92 Å². The van der Waals surface area contributed by atoms with Crippen LogP contribution in [-0.2, 0) is 0 Å². The number of thiophene rings is 1. The Balaban J connectivity index is 1.41. The number of carbonyl (C=O) groups is 2. The van der Waals surface area contributed by atoms with Crippen LogP contribution in [0.3, 0.4) is 0 Å². The third-order valence-electron chi connectivity index (χ3n) is 5.28. The van der Waals surface area contributed by atoms with Crippen LogP contribution in [0.15, 0.2) is 54.6 Å². The predicted octanol–water partition coefficient (Wildman–Crippen LogP) is 3.60. The molecule has 1 heterocycles. The van der Waals surface area contributed by atoms with E-state index in [9.17, 15) is 14.7 Å². The molecule has 172 valence electrons. The first kappa shape index (κ1) is 23.0. The standard InChI is InChI=1S/C25H26N2O5S/c1-15-2-3-17(24(30)26-18-6-7-18)12-21(15)27-25(31)23-11-10-22(33-23)16-4-8-20(9-5-16)32-14-19(29)13-28/h2-5,8-12,18-19,28-29H,6-7,13-14H2,1H3,(H,26,30)(H,27,31)/t19-/m1/s1. The molecule has 1 saturated carbocycles. The first-order valence-electron chi connectivity index (χ1n) is 10.8. The lowest BCUT2D eigenvalue weighted by Gasteiger charge is -2.10. The molecule has 4 rings (SSSR count). The van der Waals surface area contributed by atoms with Crippen molar-refractivity contribution < 1.29 is 24.5 Å². The minimum atomic E-state index is -0.917. The Labute approximate surface area is 196 Å². The monoisotopic (exact) mass is 466 g/mol. The molecule has 33 heavy (non-hydrogen) atoms. The van der Waals surface area contributed by atoms with E-state index < -0.39 is 6.10 Å². The van der Waals surface area contributed by atoms with Gasteiger partial charge in [-0.1, -0.05) is 6.07 Å². The summed E-state index contributed by atoms with van der Waals surface area (Å²) in [5.41, 5.74) is 2.96. The zero-order chi connectivity index (χ0) is 23.4. The fourth-order valence-electron chi connectivity index (χ4n) is 3.15. The van der Waals surface area contributed by atoms with Gasteiger partial charge in [0.1, 0.15) is 18.5 Å². The number of anilines is 1. The number of hydrogen-bond donors (Lipinski definition) is 4. The van der Waals surface area contributed by atoms with E-state index in [2.05, 4.69) is 10.6 Å². The van der Waals surface area contributed by atoms with E-state index in [-0.39, 0.29) is 31.1 Å². The van der Waals surface area contributed by atoms with Crippen molar-refractivity contribution in [2.75, 3.05) is 18.5 Å². The van der Waals surface area contributed by atoms with Gasteiger partial charge in [0.2, 0.25) is 0 Å². The van der Waals surface area contributed by atoms with Gasteiger partial charge in [0, 0.05) is 22.2 Å². The van der Waals surface area contributed by atoms with Crippen LogP contribution >= 0.6 is 11.3 Å². The third-order valence-corrected chi connectivity index (χ3v) is 6.42. The summed E-state index contributed by atoms with van der Waals surface area (Å²) in [5.74, 6) is 0.235. The summed E-state index contributed by atoms with van der Waals surface area (Å²) in [4.78, 5) is 26.7. The Kier molecular flexibility index (Phi) is 7.08. The number of carbonyl (C=O) groups excluding carboxylic acids is 2. The second kappa shape index (κ2) is 10.2. The molecule has 7 nitrogen and oxygen atoms in total. The van der Waals surface area contributed by atoms with Gasteiger partial charge >= 0.3 is 0 Å². The van der Waals surface area contributed by atoms with Gasteiger partial charge in [-0.25, -0.2) is 0 Å². The fraction of sp³-hybridized carbons (Fsp3) is 0.280. The summed E-state index contributed by atoms with van der Waals surface area (Å²) in [7, 11) is 0. The first-order chi connectivity index (χ1) is 15.9. The smallest absolute Gasteiger partial charge is 0.265 e. The molecule has 8 heteroatoms. The maximum atomic E-state index is 12.8. The molecular formula is C25H26N2O5S. The third kappa shape index (κ3) is 5.98. The van der Waals surface area contributed by atoms with E-state index in [0.29, 0.717) is 21.9 Å². The highest BCUT2D eigenvalue weighted by molar-refractivity contribution is 7.17. The highest BCUT2D eigenvalue weighted by atomic mass is 32.1. The summed E-state index contributed by atoms with van der Waals surface area (Å²) in [5, 5.41) is 24.1. The topological polar surface area (TPSA) is 108 Å². The molecule has 2 aromatic carbocycles. The van der Waals surface area contributed by atoms with E-state index in [1.165, 1.54) is 11.3 Å². The zero-order valence-electron chi connectivity index (χ0n) is 18.2. The summed E-state index contributed by atoms with van der Waals surface area (Å²) in [6, 6.07) is 16.6. The lowest BCUT2D eigenvalue weighted by molar-refractivity contribution is 0.0536. The molecule has 1 fully saturated rings. The van der Waals surface area contributed by atoms with Crippen LogP contribution in [0.1, 0.15) is 38.4 Å². The molecule has 1 atom stereocenters. The number of nitrogens with one attached hydrogen (secondary N) is 2. The quantitative estimate of drug-likeness (QED) is 0.385. The van der Waals surface area contributed by atoms with Crippen LogP contribution in [-0.4, -0.2) is 47.4 Å². The average Bonchev–Trinajstić information content (AvgIpc) is 3.50. The first-order valence-corrected chi connectivity index (χ1v) is 11.6. The lowest BCUT2D eigenvalue weighted by Crippen LogP contribution is -2.25. The largest absolute Gasteiger partial charge is 0.491 e. The second-order valence-corrected chi connectivity index (χ2v) is 9.15. The van der Waals surface area contributed by atoms with Gasteiger partial charge in [0.25, 0.3) is 11.8 Å². The van der Waals surface area contributed by atoms with Crippen LogP contribution in [0.5, 0.6) is 5.75 Å². The summed E-state index contributed by atoms with van der Waals surface area (Å²) in [6.45, 7) is 1.55. The Hall–Kier alpha value is -3.20. The zero-order valence-corrected chi connectivity index (χ0v) is 19.0. The number of aryl methyl sites for hydroxylation is 1. The molecule has 0 bridgehead atoms. The molecule has 0 unspecified atom stereocenters. The van der Waals surface area contributed by atoms with Crippen molar-refractivity contribution >= 4 is 28.8 Å². The number of ether oxygens (including phenoxy) is 1. The van der Waals surface area contributed by atoms with Crippen molar-refractivity contribution in [2.45, 2.75) is 31.9 Å². The molecule has 3 aromatic rings. The lowest BCUT2D eigenvalue weighted by atomic mass is 10.1. The van der Waals surface area contributed by atoms with Crippen molar-refractivity contribution in [2.24, 2.45) is 0 Å². The molecule has 1 aliphatic carbocycles. The molecule has 1 aromatic heterocycles. The number of rotatable bonds is 9. The van der Waals surface area contributed by atoms with Gasteiger partial charge in [-0.2, -0.15) is 0 Å². The summed E-state index contributed by atoms with van der Waals surface area (Å²) >= 11 is 1.37. The minimum Gasteiger partial charge on any atom is -0.491 e. The van der Waals surface area contributed by atoms with Crippen molar-refractivity contribution in [1.82, 2.24) is 5.32 Å². The highest BCUT2D eigenvalue weighted by Gasteiger charge is 2.24. The number of benzene rings is 2. The number of aliphatic hydroxyl groups is 2. The van der Waals surface area contributed by atoms with E-state index in [4.69, 9.17) is 9.84 Å². The maximum Gasteiger partial charge on any atom is 0.265 e. The van der Waals surface area contributed by atoms with Gasteiger partial charge in [-0.05, 0) is 79.4 Å². The summed E-state index contributed by atoms with van der Waals surface area (Å²) in [6.07, 6.45) is 1.12. The van der Waals surface area contributed by atoms with Gasteiger partial charge in [0.05, 0.1) is 11.5 Å². The minimum absolute atomic E-state index is 0.0159. The molecule has 2 amide bonds. The maximum absolute atomic E-state index is 12.8. The molecule has 1 aliphatic rings. The van der Waals surface area contributed by atoms with Gasteiger partial charge < -0.3 is 25.6 Å². The van der Waals surface area contributed by atoms with Crippen molar-refractivity contribution in [3.8, 4) is 16.2 Å². The van der Waals surface area contributed by atoms with Crippen LogP contribution in [0.2, 0.25) is 0 Å². The Morgan fingerprint density at radius 3 is 2.55 bits per heavy atom. The number of amides is 2. The van der Waals surface area contributed by atoms with Gasteiger partial charge in [0.15, 0.2) is 0 Å². The second-order valence-electron chi connectivity index (χ2n) is 8.07. The molecule has 0 aliphatic heterocycles. The molecule has 0 spiro atoms. The van der Waals surface area contributed by atoms with Crippen LogP contribution in [0.25, 0.3) is 10.4 Å². The van der Waals surface area contributed by atoms with E-state index in [0.717, 1.165) is 28.8 Å². The normalized spacial score (nSPS) is 13.9. The molecular weight excluding hydrogens is 440 g/mol. The van der Waals surface area contributed by atoms with E-state index >= 15 is 0 Å². The van der Waals surface area contributed by atoms with Crippen molar-refractivity contribution in [3.05, 3.63) is 70.6 Å². The van der Waals surface area contributed by atoms with Crippen molar-refractivity contribution in [3.63, 3.8) is 0 Å². The Bertz CT molecular complexity index is 1140. The molecule has 0 saturated heterocycles. The van der Waals surface area contributed by atoms with Crippen molar-refractivity contribution in [1.29, 1.82) is 0 Å². The van der Waals surface area contributed by atoms with Gasteiger partial charge in [-0.15, -0.1) is 11.3 Å². The molecule has 0 radical (unpaired) electrons. The van der Waals surface area contributed by atoms with E-state index in [1.54, 1.807) is 30.3 Å². The highest BCUT2D eigenvalue weighted by Crippen LogP contribution is 2.30. The molecule has 4 N–H and O–H groups in total.